The Bertz CT molecular complexity index is 679. The minimum absolute atomic E-state index is 0.130. The van der Waals surface area contributed by atoms with E-state index in [9.17, 15) is 4.79 Å². The van der Waals surface area contributed by atoms with Crippen LogP contribution in [0.4, 0.5) is 0 Å². The zero-order valence-electron chi connectivity index (χ0n) is 12.0. The molecular weight excluding hydrogens is 292 g/mol. The maximum Gasteiger partial charge on any atom is 0.337 e. The molecule has 1 aromatic heterocycles. The van der Waals surface area contributed by atoms with Gasteiger partial charge in [0.15, 0.2) is 0 Å². The van der Waals surface area contributed by atoms with Gasteiger partial charge < -0.3 is 14.0 Å². The van der Waals surface area contributed by atoms with Gasteiger partial charge in [-0.3, -0.25) is 0 Å². The van der Waals surface area contributed by atoms with E-state index in [2.05, 4.69) is 16.5 Å². The maximum absolute atomic E-state index is 11.7. The van der Waals surface area contributed by atoms with Crippen LogP contribution in [-0.2, 0) is 15.4 Å². The van der Waals surface area contributed by atoms with Crippen LogP contribution in [-0.4, -0.2) is 35.3 Å². The number of alkyl halides is 1. The number of hydrogen-bond acceptors (Lipinski definition) is 4. The van der Waals surface area contributed by atoms with Gasteiger partial charge in [0.1, 0.15) is 5.82 Å². The minimum atomic E-state index is -0.357. The van der Waals surface area contributed by atoms with E-state index in [1.54, 1.807) is 12.1 Å². The number of methoxy groups -OCH3 is 1. The molecule has 0 saturated carbocycles. The molecule has 0 radical (unpaired) electrons. The van der Waals surface area contributed by atoms with E-state index in [-0.39, 0.29) is 18.1 Å². The average molecular weight is 309 g/mol. The summed E-state index contributed by atoms with van der Waals surface area (Å²) in [6.07, 6.45) is 1.20. The Morgan fingerprint density at radius 3 is 2.95 bits per heavy atom. The first-order chi connectivity index (χ1) is 10.2. The third kappa shape index (κ3) is 2.40. The lowest BCUT2D eigenvalue weighted by Crippen LogP contribution is -2.35. The van der Waals surface area contributed by atoms with Crippen molar-refractivity contribution in [2.24, 2.45) is 0 Å². The molecule has 1 aromatic carbocycles. The number of rotatable bonds is 4. The van der Waals surface area contributed by atoms with Crippen LogP contribution in [0.15, 0.2) is 18.2 Å². The molecule has 112 valence electrons. The summed E-state index contributed by atoms with van der Waals surface area (Å²) < 4.78 is 12.4. The van der Waals surface area contributed by atoms with Crippen LogP contribution < -0.4 is 0 Å². The molecular formula is C15H17ClN2O3. The van der Waals surface area contributed by atoms with Crippen LogP contribution in [0.5, 0.6) is 0 Å². The summed E-state index contributed by atoms with van der Waals surface area (Å²) >= 11 is 6.03. The molecule has 0 N–H and O–H groups in total. The monoisotopic (exact) mass is 308 g/mol. The van der Waals surface area contributed by atoms with Crippen molar-refractivity contribution in [1.82, 2.24) is 9.55 Å². The highest BCUT2D eigenvalue weighted by Gasteiger charge is 2.29. The first-order valence-electron chi connectivity index (χ1n) is 6.92. The molecule has 0 amide bonds. The number of carbonyl (C=O) groups excluding carboxylic acids is 1. The largest absolute Gasteiger partial charge is 0.465 e. The highest BCUT2D eigenvalue weighted by molar-refractivity contribution is 6.16. The number of hydrogen-bond donors (Lipinski definition) is 0. The molecule has 1 aliphatic rings. The molecule has 0 bridgehead atoms. The Balaban J connectivity index is 2.12. The molecule has 1 saturated heterocycles. The first-order valence-corrected chi connectivity index (χ1v) is 7.46. The third-order valence-electron chi connectivity index (χ3n) is 3.98. The van der Waals surface area contributed by atoms with Crippen molar-refractivity contribution in [1.29, 1.82) is 0 Å². The van der Waals surface area contributed by atoms with Gasteiger partial charge in [-0.25, -0.2) is 9.78 Å². The number of aromatic nitrogens is 2. The molecule has 3 rings (SSSR count). The van der Waals surface area contributed by atoms with Gasteiger partial charge in [0.25, 0.3) is 0 Å². The van der Waals surface area contributed by atoms with Crippen LogP contribution in [0.2, 0.25) is 0 Å². The molecule has 1 aliphatic heterocycles. The van der Waals surface area contributed by atoms with Crippen LogP contribution >= 0.6 is 11.6 Å². The number of fused-ring (bicyclic) bond motifs is 1. The van der Waals surface area contributed by atoms with E-state index in [1.807, 2.05) is 6.07 Å². The summed E-state index contributed by atoms with van der Waals surface area (Å²) in [7, 11) is 1.37. The highest BCUT2D eigenvalue weighted by atomic mass is 35.5. The highest BCUT2D eigenvalue weighted by Crippen LogP contribution is 2.30. The second-order valence-electron chi connectivity index (χ2n) is 5.17. The Hall–Kier alpha value is -1.59. The number of benzene rings is 1. The van der Waals surface area contributed by atoms with E-state index in [0.717, 1.165) is 29.9 Å². The van der Waals surface area contributed by atoms with Gasteiger partial charge in [0.05, 0.1) is 41.7 Å². The van der Waals surface area contributed by atoms with Crippen molar-refractivity contribution in [2.45, 2.75) is 31.4 Å². The lowest BCUT2D eigenvalue weighted by atomic mass is 10.1. The smallest absolute Gasteiger partial charge is 0.337 e. The molecule has 1 unspecified atom stereocenters. The van der Waals surface area contributed by atoms with Gasteiger partial charge >= 0.3 is 5.97 Å². The zero-order valence-corrected chi connectivity index (χ0v) is 12.8. The molecule has 0 spiro atoms. The number of imidazole rings is 1. The quantitative estimate of drug-likeness (QED) is 0.644. The Kier molecular flexibility index (Phi) is 3.87. The van der Waals surface area contributed by atoms with Gasteiger partial charge in [-0.15, -0.1) is 11.6 Å². The lowest BCUT2D eigenvalue weighted by Gasteiger charge is -2.33. The van der Waals surface area contributed by atoms with Crippen molar-refractivity contribution in [3.8, 4) is 0 Å². The molecule has 5 nitrogen and oxygen atoms in total. The van der Waals surface area contributed by atoms with Crippen LogP contribution in [0.1, 0.15) is 35.6 Å². The minimum Gasteiger partial charge on any atom is -0.465 e. The number of nitrogens with zero attached hydrogens (tertiary/aromatic N) is 2. The summed E-state index contributed by atoms with van der Waals surface area (Å²) in [5.41, 5.74) is 2.22. The molecule has 2 atom stereocenters. The second kappa shape index (κ2) is 5.66. The second-order valence-corrected chi connectivity index (χ2v) is 5.43. The molecule has 2 aromatic rings. The first kappa shape index (κ1) is 14.4. The molecule has 21 heavy (non-hydrogen) atoms. The number of carbonyl (C=O) groups is 1. The predicted molar refractivity (Wildman–Crippen MR) is 79.7 cm³/mol. The van der Waals surface area contributed by atoms with Gasteiger partial charge in [-0.2, -0.15) is 0 Å². The maximum atomic E-state index is 11.7. The molecule has 1 fully saturated rings. The van der Waals surface area contributed by atoms with E-state index < -0.39 is 0 Å². The van der Waals surface area contributed by atoms with Crippen molar-refractivity contribution in [2.75, 3.05) is 13.7 Å². The van der Waals surface area contributed by atoms with E-state index in [0.29, 0.717) is 11.4 Å². The van der Waals surface area contributed by atoms with Crippen molar-refractivity contribution < 1.29 is 14.3 Å². The van der Waals surface area contributed by atoms with Crippen molar-refractivity contribution in [3.63, 3.8) is 0 Å². The summed E-state index contributed by atoms with van der Waals surface area (Å²) in [4.78, 5) is 16.3. The molecule has 6 heteroatoms. The fraction of sp³-hybridized carbons (Fsp3) is 0.467. The van der Waals surface area contributed by atoms with Crippen LogP contribution in [0.3, 0.4) is 0 Å². The molecule has 0 aliphatic carbocycles. The fourth-order valence-electron chi connectivity index (χ4n) is 2.74. The van der Waals surface area contributed by atoms with Crippen LogP contribution in [0, 0.1) is 0 Å². The van der Waals surface area contributed by atoms with Gasteiger partial charge in [0.2, 0.25) is 0 Å². The topological polar surface area (TPSA) is 53.3 Å². The summed E-state index contributed by atoms with van der Waals surface area (Å²) in [6.45, 7) is 2.89. The average Bonchev–Trinajstić information content (AvgIpc) is 2.81. The summed E-state index contributed by atoms with van der Waals surface area (Å²) in [6, 6.07) is 5.47. The normalized spacial score (nSPS) is 19.3. The predicted octanol–water partition coefficient (Wildman–Crippen LogP) is 2.91. The third-order valence-corrected chi connectivity index (χ3v) is 4.22. The van der Waals surface area contributed by atoms with Gasteiger partial charge in [-0.1, -0.05) is 0 Å². The zero-order chi connectivity index (χ0) is 15.0. The number of ether oxygens (including phenoxy) is 2. The number of esters is 1. The van der Waals surface area contributed by atoms with Crippen LogP contribution in [0.25, 0.3) is 11.0 Å². The van der Waals surface area contributed by atoms with Gasteiger partial charge in [0, 0.05) is 6.61 Å². The summed E-state index contributed by atoms with van der Waals surface area (Å²) in [5, 5.41) is 0. The lowest BCUT2D eigenvalue weighted by molar-refractivity contribution is -0.0758. The Morgan fingerprint density at radius 1 is 1.62 bits per heavy atom. The summed E-state index contributed by atoms with van der Waals surface area (Å²) in [5.74, 6) is 0.751. The SMILES string of the molecule is COC(=O)c1ccc2nc(CCl)n(C(C)[C@@H]3CCO3)c2c1. The van der Waals surface area contributed by atoms with E-state index in [1.165, 1.54) is 7.11 Å². The molecule has 2 heterocycles. The van der Waals surface area contributed by atoms with Gasteiger partial charge in [-0.05, 0) is 31.5 Å². The Labute approximate surface area is 127 Å². The van der Waals surface area contributed by atoms with Crippen molar-refractivity contribution in [3.05, 3.63) is 29.6 Å². The number of halogens is 1. The van der Waals surface area contributed by atoms with E-state index in [4.69, 9.17) is 21.1 Å². The van der Waals surface area contributed by atoms with Crippen molar-refractivity contribution >= 4 is 28.6 Å². The van der Waals surface area contributed by atoms with E-state index >= 15 is 0 Å². The standard InChI is InChI=1S/C15H17ClN2O3/c1-9(13-5-6-21-13)18-12-7-10(15(19)20-2)3-4-11(12)17-14(18)8-16/h3-4,7,9,13H,5-6,8H2,1-2H3/t9?,13-/m0/s1. The Morgan fingerprint density at radius 2 is 2.38 bits per heavy atom. The fourth-order valence-corrected chi connectivity index (χ4v) is 2.93.